The van der Waals surface area contributed by atoms with Crippen molar-refractivity contribution in [3.05, 3.63) is 59.2 Å². The molecule has 0 fully saturated rings. The normalized spacial score (nSPS) is 10.1. The Hall–Kier alpha value is -2.73. The van der Waals surface area contributed by atoms with Crippen LogP contribution in [-0.2, 0) is 4.79 Å². The summed E-state index contributed by atoms with van der Waals surface area (Å²) in [6.07, 6.45) is 1.26. The van der Waals surface area contributed by atoms with Crippen molar-refractivity contribution < 1.29 is 9.59 Å². The highest BCUT2D eigenvalue weighted by atomic mass is 32.1. The molecule has 0 spiro atoms. The van der Waals surface area contributed by atoms with Crippen LogP contribution in [0, 0.1) is 13.8 Å². The molecule has 0 saturated carbocycles. The summed E-state index contributed by atoms with van der Waals surface area (Å²) < 4.78 is 0. The van der Waals surface area contributed by atoms with Crippen molar-refractivity contribution in [2.45, 2.75) is 33.6 Å². The van der Waals surface area contributed by atoms with Gasteiger partial charge in [0.1, 0.15) is 0 Å². The van der Waals surface area contributed by atoms with Crippen LogP contribution in [0.15, 0.2) is 42.5 Å². The zero-order valence-electron chi connectivity index (χ0n) is 15.2. The topological polar surface area (TPSA) is 70.2 Å². The van der Waals surface area contributed by atoms with Gasteiger partial charge in [-0.1, -0.05) is 30.7 Å². The molecule has 6 heteroatoms. The molecule has 2 aromatic rings. The molecule has 0 unspecified atom stereocenters. The first-order chi connectivity index (χ1) is 12.4. The lowest BCUT2D eigenvalue weighted by Gasteiger charge is -2.12. The number of rotatable bonds is 5. The minimum atomic E-state index is -0.257. The number of hydrogen-bond acceptors (Lipinski definition) is 3. The third kappa shape index (κ3) is 5.67. The van der Waals surface area contributed by atoms with Gasteiger partial charge in [-0.2, -0.15) is 0 Å². The van der Waals surface area contributed by atoms with E-state index in [1.165, 1.54) is 0 Å². The summed E-state index contributed by atoms with van der Waals surface area (Å²) >= 11 is 5.22. The quantitative estimate of drug-likeness (QED) is 0.692. The first-order valence-electron chi connectivity index (χ1n) is 8.48. The van der Waals surface area contributed by atoms with E-state index in [2.05, 4.69) is 16.0 Å². The minimum absolute atomic E-state index is 0.0321. The molecule has 136 valence electrons. The van der Waals surface area contributed by atoms with E-state index >= 15 is 0 Å². The van der Waals surface area contributed by atoms with Crippen LogP contribution in [-0.4, -0.2) is 16.9 Å². The van der Waals surface area contributed by atoms with E-state index in [0.717, 1.165) is 17.5 Å². The molecule has 0 aliphatic heterocycles. The Morgan fingerprint density at radius 3 is 2.35 bits per heavy atom. The smallest absolute Gasteiger partial charge is 0.257 e. The van der Waals surface area contributed by atoms with Crippen molar-refractivity contribution in [2.75, 3.05) is 10.6 Å². The molecule has 0 heterocycles. The van der Waals surface area contributed by atoms with E-state index in [9.17, 15) is 9.59 Å². The summed E-state index contributed by atoms with van der Waals surface area (Å²) in [5, 5.41) is 8.67. The molecule has 2 aromatic carbocycles. The molecule has 0 aliphatic rings. The van der Waals surface area contributed by atoms with Crippen LogP contribution >= 0.6 is 12.2 Å². The van der Waals surface area contributed by atoms with Crippen molar-refractivity contribution in [3.63, 3.8) is 0 Å². The van der Waals surface area contributed by atoms with Gasteiger partial charge in [0.2, 0.25) is 5.91 Å². The van der Waals surface area contributed by atoms with Crippen LogP contribution in [0.4, 0.5) is 11.4 Å². The summed E-state index contributed by atoms with van der Waals surface area (Å²) in [5.41, 5.74) is 3.94. The second-order valence-corrected chi connectivity index (χ2v) is 6.51. The lowest BCUT2D eigenvalue weighted by molar-refractivity contribution is -0.116. The molecule has 0 radical (unpaired) electrons. The second-order valence-electron chi connectivity index (χ2n) is 6.11. The van der Waals surface area contributed by atoms with Gasteiger partial charge in [-0.25, -0.2) is 0 Å². The molecule has 0 saturated heterocycles. The Bertz CT molecular complexity index is 834. The lowest BCUT2D eigenvalue weighted by Crippen LogP contribution is -2.34. The molecule has 5 nitrogen and oxygen atoms in total. The van der Waals surface area contributed by atoms with Gasteiger partial charge in [0.05, 0.1) is 0 Å². The molecule has 26 heavy (non-hydrogen) atoms. The van der Waals surface area contributed by atoms with Crippen LogP contribution in [0.2, 0.25) is 0 Å². The Balaban J connectivity index is 1.99. The SMILES string of the molecule is CCCC(=O)Nc1cccc(NC(=S)NC(=O)c2ccc(C)cc2C)c1. The molecule has 0 aromatic heterocycles. The zero-order valence-corrected chi connectivity index (χ0v) is 16.0. The number of thiocarbonyl (C=S) groups is 1. The Kier molecular flexibility index (Phi) is 6.86. The average Bonchev–Trinajstić information content (AvgIpc) is 2.54. The maximum absolute atomic E-state index is 12.4. The molecule has 0 aliphatic carbocycles. The van der Waals surface area contributed by atoms with Crippen LogP contribution < -0.4 is 16.0 Å². The van der Waals surface area contributed by atoms with Crippen molar-refractivity contribution in [1.82, 2.24) is 5.32 Å². The summed E-state index contributed by atoms with van der Waals surface area (Å²) in [5.74, 6) is -0.289. The van der Waals surface area contributed by atoms with Gasteiger partial charge in [0.15, 0.2) is 5.11 Å². The number of hydrogen-bond donors (Lipinski definition) is 3. The summed E-state index contributed by atoms with van der Waals surface area (Å²) in [6, 6.07) is 12.8. The number of benzene rings is 2. The fourth-order valence-electron chi connectivity index (χ4n) is 2.53. The van der Waals surface area contributed by atoms with E-state index in [1.54, 1.807) is 24.3 Å². The van der Waals surface area contributed by atoms with Gasteiger partial charge >= 0.3 is 0 Å². The molecule has 2 rings (SSSR count). The van der Waals surface area contributed by atoms with Gasteiger partial charge < -0.3 is 10.6 Å². The molecular weight excluding hydrogens is 346 g/mol. The fraction of sp³-hybridized carbons (Fsp3) is 0.250. The Labute approximate surface area is 159 Å². The molecule has 0 bridgehead atoms. The van der Waals surface area contributed by atoms with Crippen LogP contribution in [0.3, 0.4) is 0 Å². The Morgan fingerprint density at radius 1 is 1.00 bits per heavy atom. The maximum atomic E-state index is 12.4. The fourth-order valence-corrected chi connectivity index (χ4v) is 2.74. The predicted octanol–water partition coefficient (Wildman–Crippen LogP) is 4.17. The van der Waals surface area contributed by atoms with Gasteiger partial charge in [-0.05, 0) is 62.3 Å². The monoisotopic (exact) mass is 369 g/mol. The maximum Gasteiger partial charge on any atom is 0.257 e. The summed E-state index contributed by atoms with van der Waals surface area (Å²) in [7, 11) is 0. The van der Waals surface area contributed by atoms with Gasteiger partial charge in [-0.15, -0.1) is 0 Å². The van der Waals surface area contributed by atoms with Gasteiger partial charge in [-0.3, -0.25) is 14.9 Å². The summed E-state index contributed by atoms with van der Waals surface area (Å²) in [4.78, 5) is 24.1. The summed E-state index contributed by atoms with van der Waals surface area (Å²) in [6.45, 7) is 5.82. The highest BCUT2D eigenvalue weighted by molar-refractivity contribution is 7.80. The van der Waals surface area contributed by atoms with Crippen molar-refractivity contribution in [3.8, 4) is 0 Å². The van der Waals surface area contributed by atoms with Crippen molar-refractivity contribution in [1.29, 1.82) is 0 Å². The number of anilines is 2. The highest BCUT2D eigenvalue weighted by Gasteiger charge is 2.11. The number of amides is 2. The Morgan fingerprint density at radius 2 is 1.69 bits per heavy atom. The second kappa shape index (κ2) is 9.10. The van der Waals surface area contributed by atoms with Gasteiger partial charge in [0.25, 0.3) is 5.91 Å². The third-order valence-electron chi connectivity index (χ3n) is 3.73. The first kappa shape index (κ1) is 19.6. The van der Waals surface area contributed by atoms with E-state index in [1.807, 2.05) is 39.0 Å². The predicted molar refractivity (Wildman–Crippen MR) is 110 cm³/mol. The van der Waals surface area contributed by atoms with Crippen LogP contribution in [0.25, 0.3) is 0 Å². The highest BCUT2D eigenvalue weighted by Crippen LogP contribution is 2.16. The van der Waals surface area contributed by atoms with E-state index in [4.69, 9.17) is 12.2 Å². The molecular formula is C20H23N3O2S. The zero-order chi connectivity index (χ0) is 19.1. The standard InChI is InChI=1S/C20H23N3O2S/c1-4-6-18(24)21-15-7-5-8-16(12-15)22-20(26)23-19(25)17-10-9-13(2)11-14(17)3/h5,7-12H,4,6H2,1-3H3,(H,21,24)(H2,22,23,25,26). The van der Waals surface area contributed by atoms with Crippen molar-refractivity contribution in [2.24, 2.45) is 0 Å². The van der Waals surface area contributed by atoms with Crippen molar-refractivity contribution >= 4 is 40.5 Å². The average molecular weight is 369 g/mol. The number of nitrogens with one attached hydrogen (secondary N) is 3. The number of carbonyl (C=O) groups is 2. The minimum Gasteiger partial charge on any atom is -0.332 e. The third-order valence-corrected chi connectivity index (χ3v) is 3.94. The van der Waals surface area contributed by atoms with E-state index < -0.39 is 0 Å². The molecule has 0 atom stereocenters. The van der Waals surface area contributed by atoms with Gasteiger partial charge in [0, 0.05) is 23.4 Å². The lowest BCUT2D eigenvalue weighted by atomic mass is 10.1. The first-order valence-corrected chi connectivity index (χ1v) is 8.89. The molecule has 3 N–H and O–H groups in total. The van der Waals surface area contributed by atoms with E-state index in [-0.39, 0.29) is 16.9 Å². The largest absolute Gasteiger partial charge is 0.332 e. The number of aryl methyl sites for hydroxylation is 2. The number of carbonyl (C=O) groups excluding carboxylic acids is 2. The van der Waals surface area contributed by atoms with Crippen LogP contribution in [0.5, 0.6) is 0 Å². The van der Waals surface area contributed by atoms with Crippen LogP contribution in [0.1, 0.15) is 41.3 Å². The van der Waals surface area contributed by atoms with E-state index in [0.29, 0.717) is 23.4 Å². The molecule has 2 amide bonds.